The Morgan fingerprint density at radius 3 is 2.50 bits per heavy atom. The fourth-order valence-corrected chi connectivity index (χ4v) is 1.97. The third kappa shape index (κ3) is 2.57. The molecule has 0 aliphatic carbocycles. The molecule has 81 valence electrons. The van der Waals surface area contributed by atoms with E-state index in [1.165, 1.54) is 0 Å². The van der Waals surface area contributed by atoms with E-state index in [1.807, 2.05) is 36.8 Å². The Morgan fingerprint density at radius 2 is 1.81 bits per heavy atom. The minimum Gasteiger partial charge on any atom is -0.257 e. The molecule has 0 N–H and O–H groups in total. The van der Waals surface area contributed by atoms with Gasteiger partial charge in [-0.1, -0.05) is 53.5 Å². The third-order valence-electron chi connectivity index (χ3n) is 2.05. The Hall–Kier alpha value is -0.570. The molecule has 0 spiro atoms. The standard InChI is InChI=1S/C12H7BrCl2N/c13-11-9(14)7-16-10(12(11)15)6-8-4-2-1-3-5-8/h1-7H. The molecule has 1 aromatic carbocycles. The number of hydrogen-bond acceptors (Lipinski definition) is 1. The van der Waals surface area contributed by atoms with Gasteiger partial charge in [-0.3, -0.25) is 4.98 Å². The Morgan fingerprint density at radius 1 is 1.12 bits per heavy atom. The zero-order chi connectivity index (χ0) is 11.5. The highest BCUT2D eigenvalue weighted by molar-refractivity contribution is 9.10. The predicted molar refractivity (Wildman–Crippen MR) is 70.9 cm³/mol. The van der Waals surface area contributed by atoms with Crippen molar-refractivity contribution in [1.82, 2.24) is 4.98 Å². The van der Waals surface area contributed by atoms with Crippen LogP contribution in [0.15, 0.2) is 41.0 Å². The normalized spacial score (nSPS) is 10.4. The predicted octanol–water partition coefficient (Wildman–Crippen LogP) is 4.75. The lowest BCUT2D eigenvalue weighted by Crippen LogP contribution is -1.92. The van der Waals surface area contributed by atoms with Gasteiger partial charge in [-0.25, -0.2) is 0 Å². The van der Waals surface area contributed by atoms with Gasteiger partial charge in [-0.15, -0.1) is 0 Å². The van der Waals surface area contributed by atoms with Crippen LogP contribution in [-0.4, -0.2) is 4.98 Å². The fourth-order valence-electron chi connectivity index (χ4n) is 1.26. The molecule has 1 aromatic heterocycles. The van der Waals surface area contributed by atoms with Crippen molar-refractivity contribution in [2.75, 3.05) is 0 Å². The first-order valence-corrected chi connectivity index (χ1v) is 6.12. The van der Waals surface area contributed by atoms with Crippen LogP contribution in [0.2, 0.25) is 10.0 Å². The highest BCUT2D eigenvalue weighted by Crippen LogP contribution is 2.32. The Kier molecular flexibility index (Phi) is 3.85. The molecule has 1 heterocycles. The molecule has 0 bridgehead atoms. The number of aromatic nitrogens is 1. The molecule has 0 unspecified atom stereocenters. The SMILES string of the molecule is Clc1cnc([CH]c2ccccc2)c(Cl)c1Br. The molecule has 2 aromatic rings. The number of nitrogens with zero attached hydrogens (tertiary/aromatic N) is 1. The molecule has 0 amide bonds. The Bertz CT molecular complexity index is 500. The van der Waals surface area contributed by atoms with Crippen LogP contribution >= 0.6 is 39.1 Å². The molecule has 1 nitrogen and oxygen atoms in total. The van der Waals surface area contributed by atoms with Crippen LogP contribution in [0.5, 0.6) is 0 Å². The zero-order valence-corrected chi connectivity index (χ0v) is 11.2. The van der Waals surface area contributed by atoms with Gasteiger partial charge in [0, 0.05) is 12.6 Å². The van der Waals surface area contributed by atoms with E-state index in [2.05, 4.69) is 20.9 Å². The van der Waals surface area contributed by atoms with Crippen LogP contribution in [0.25, 0.3) is 0 Å². The maximum atomic E-state index is 6.12. The van der Waals surface area contributed by atoms with Gasteiger partial charge in [0.15, 0.2) is 0 Å². The quantitative estimate of drug-likeness (QED) is 0.779. The number of halogens is 3. The van der Waals surface area contributed by atoms with Gasteiger partial charge >= 0.3 is 0 Å². The first-order chi connectivity index (χ1) is 7.68. The van der Waals surface area contributed by atoms with E-state index in [0.717, 1.165) is 5.56 Å². The minimum absolute atomic E-state index is 0.509. The average Bonchev–Trinajstić information content (AvgIpc) is 2.31. The largest absolute Gasteiger partial charge is 0.257 e. The molecule has 4 heteroatoms. The van der Waals surface area contributed by atoms with Gasteiger partial charge in [0.1, 0.15) is 0 Å². The molecule has 1 radical (unpaired) electrons. The third-order valence-corrected chi connectivity index (χ3v) is 4.00. The lowest BCUT2D eigenvalue weighted by Gasteiger charge is -2.05. The Labute approximate surface area is 113 Å². The summed E-state index contributed by atoms with van der Waals surface area (Å²) in [5.41, 5.74) is 1.75. The van der Waals surface area contributed by atoms with E-state index in [-0.39, 0.29) is 0 Å². The topological polar surface area (TPSA) is 12.9 Å². The average molecular weight is 316 g/mol. The van der Waals surface area contributed by atoms with Crippen molar-refractivity contribution in [3.63, 3.8) is 0 Å². The van der Waals surface area contributed by atoms with Crippen molar-refractivity contribution in [2.45, 2.75) is 0 Å². The smallest absolute Gasteiger partial charge is 0.0785 e. The molecule has 0 aliphatic rings. The van der Waals surface area contributed by atoms with E-state index in [0.29, 0.717) is 20.2 Å². The van der Waals surface area contributed by atoms with Crippen molar-refractivity contribution < 1.29 is 0 Å². The molecule has 0 fully saturated rings. The number of hydrogen-bond donors (Lipinski definition) is 0. The summed E-state index contributed by atoms with van der Waals surface area (Å²) in [5, 5.41) is 1.03. The molecule has 0 saturated carbocycles. The summed E-state index contributed by atoms with van der Waals surface area (Å²) in [6.45, 7) is 0. The van der Waals surface area contributed by atoms with Gasteiger partial charge in [0.25, 0.3) is 0 Å². The fraction of sp³-hybridized carbons (Fsp3) is 0. The molecule has 2 rings (SSSR count). The first-order valence-electron chi connectivity index (χ1n) is 4.58. The monoisotopic (exact) mass is 314 g/mol. The van der Waals surface area contributed by atoms with Crippen LogP contribution in [-0.2, 0) is 0 Å². The van der Waals surface area contributed by atoms with E-state index in [1.54, 1.807) is 6.20 Å². The van der Waals surface area contributed by atoms with Gasteiger partial charge < -0.3 is 0 Å². The van der Waals surface area contributed by atoms with Crippen molar-refractivity contribution in [1.29, 1.82) is 0 Å². The number of benzene rings is 1. The van der Waals surface area contributed by atoms with Crippen LogP contribution in [0.1, 0.15) is 11.3 Å². The van der Waals surface area contributed by atoms with Crippen LogP contribution in [0, 0.1) is 6.42 Å². The highest BCUT2D eigenvalue weighted by Gasteiger charge is 2.10. The van der Waals surface area contributed by atoms with E-state index < -0.39 is 0 Å². The second-order valence-corrected chi connectivity index (χ2v) is 4.75. The summed E-state index contributed by atoms with van der Waals surface area (Å²) in [6, 6.07) is 9.86. The summed E-state index contributed by atoms with van der Waals surface area (Å²) >= 11 is 15.3. The van der Waals surface area contributed by atoms with Crippen LogP contribution in [0.4, 0.5) is 0 Å². The maximum Gasteiger partial charge on any atom is 0.0785 e. The second kappa shape index (κ2) is 5.17. The van der Waals surface area contributed by atoms with Crippen LogP contribution < -0.4 is 0 Å². The van der Waals surface area contributed by atoms with Gasteiger partial charge in [-0.2, -0.15) is 0 Å². The summed E-state index contributed by atoms with van der Waals surface area (Å²) < 4.78 is 0.674. The number of rotatable bonds is 2. The molecule has 0 saturated heterocycles. The van der Waals surface area contributed by atoms with Crippen molar-refractivity contribution in [3.8, 4) is 0 Å². The van der Waals surface area contributed by atoms with E-state index in [4.69, 9.17) is 23.2 Å². The maximum absolute atomic E-state index is 6.12. The number of pyridine rings is 1. The highest BCUT2D eigenvalue weighted by atomic mass is 79.9. The van der Waals surface area contributed by atoms with Gasteiger partial charge in [-0.05, 0) is 21.5 Å². The van der Waals surface area contributed by atoms with E-state index >= 15 is 0 Å². The first kappa shape index (κ1) is 11.9. The van der Waals surface area contributed by atoms with Gasteiger partial charge in [0.05, 0.1) is 20.2 Å². The molecule has 0 atom stereocenters. The lowest BCUT2D eigenvalue weighted by atomic mass is 10.1. The molecular formula is C12H7BrCl2N. The summed E-state index contributed by atoms with van der Waals surface area (Å²) in [4.78, 5) is 4.18. The summed E-state index contributed by atoms with van der Waals surface area (Å²) in [7, 11) is 0. The van der Waals surface area contributed by atoms with Crippen molar-refractivity contribution >= 4 is 39.1 Å². The van der Waals surface area contributed by atoms with Crippen molar-refractivity contribution in [3.05, 3.63) is 68.7 Å². The van der Waals surface area contributed by atoms with Gasteiger partial charge in [0.2, 0.25) is 0 Å². The molecular weight excluding hydrogens is 309 g/mol. The minimum atomic E-state index is 0.509. The molecule has 0 aliphatic heterocycles. The summed E-state index contributed by atoms with van der Waals surface area (Å²) in [6.07, 6.45) is 3.48. The lowest BCUT2D eigenvalue weighted by molar-refractivity contribution is 1.21. The van der Waals surface area contributed by atoms with Crippen molar-refractivity contribution in [2.24, 2.45) is 0 Å². The summed E-state index contributed by atoms with van der Waals surface area (Å²) in [5.74, 6) is 0. The van der Waals surface area contributed by atoms with E-state index in [9.17, 15) is 0 Å². The second-order valence-electron chi connectivity index (χ2n) is 3.17. The van der Waals surface area contributed by atoms with Crippen LogP contribution in [0.3, 0.4) is 0 Å². The molecule has 16 heavy (non-hydrogen) atoms. The Balaban J connectivity index is 2.33. The zero-order valence-electron chi connectivity index (χ0n) is 8.12.